The van der Waals surface area contributed by atoms with Crippen LogP contribution in [0.2, 0.25) is 0 Å². The minimum Gasteiger partial charge on any atom is -0.444 e. The summed E-state index contributed by atoms with van der Waals surface area (Å²) >= 11 is 0. The Morgan fingerprint density at radius 2 is 1.73 bits per heavy atom. The van der Waals surface area contributed by atoms with Crippen molar-refractivity contribution in [3.8, 4) is 0 Å². The molecule has 0 heterocycles. The average molecular weight is 484 g/mol. The summed E-state index contributed by atoms with van der Waals surface area (Å²) in [5, 5.41) is 19.7. The molecule has 1 aliphatic carbocycles. The van der Waals surface area contributed by atoms with Crippen LogP contribution in [-0.4, -0.2) is 54.5 Å². The van der Waals surface area contributed by atoms with E-state index in [-0.39, 0.29) is 24.0 Å². The lowest BCUT2D eigenvalue weighted by atomic mass is 9.85. The lowest BCUT2D eigenvalue weighted by Gasteiger charge is -2.30. The number of aliphatic imine (C=N–C) groups is 1. The first-order valence-electron chi connectivity index (χ1n) is 9.45. The molecule has 0 bridgehead atoms. The number of nitrogens with zero attached hydrogens (tertiary/aromatic N) is 1. The second kappa shape index (κ2) is 12.6. The van der Waals surface area contributed by atoms with Crippen LogP contribution in [0.3, 0.4) is 0 Å². The summed E-state index contributed by atoms with van der Waals surface area (Å²) in [6.45, 7) is 9.94. The van der Waals surface area contributed by atoms with E-state index in [1.807, 2.05) is 27.7 Å². The molecule has 154 valence electrons. The molecule has 4 N–H and O–H groups in total. The molecule has 0 aliphatic heterocycles. The number of aliphatic hydroxyl groups is 1. The van der Waals surface area contributed by atoms with Gasteiger partial charge in [0.2, 0.25) is 0 Å². The van der Waals surface area contributed by atoms with Gasteiger partial charge in [0.15, 0.2) is 5.96 Å². The van der Waals surface area contributed by atoms with E-state index < -0.39 is 17.3 Å². The SMILES string of the molecule is CCNC(=NCC1(O)CCCCC1)NCCCNC(=O)OC(C)(C)C.I. The van der Waals surface area contributed by atoms with Crippen LogP contribution in [0.25, 0.3) is 0 Å². The largest absolute Gasteiger partial charge is 0.444 e. The van der Waals surface area contributed by atoms with Crippen molar-refractivity contribution in [1.82, 2.24) is 16.0 Å². The highest BCUT2D eigenvalue weighted by Gasteiger charge is 2.28. The molecule has 0 aromatic rings. The summed E-state index contributed by atoms with van der Waals surface area (Å²) < 4.78 is 5.19. The van der Waals surface area contributed by atoms with Gasteiger partial charge in [-0.3, -0.25) is 4.99 Å². The lowest BCUT2D eigenvalue weighted by Crippen LogP contribution is -2.41. The summed E-state index contributed by atoms with van der Waals surface area (Å²) in [6.07, 6.45) is 5.38. The average Bonchev–Trinajstić information content (AvgIpc) is 2.51. The van der Waals surface area contributed by atoms with Crippen molar-refractivity contribution >= 4 is 36.0 Å². The number of hydrogen-bond acceptors (Lipinski definition) is 4. The maximum atomic E-state index is 11.6. The molecular formula is C18H37IN4O3. The number of alkyl carbamates (subject to hydrolysis) is 1. The van der Waals surface area contributed by atoms with Gasteiger partial charge in [0.1, 0.15) is 5.60 Å². The number of carbonyl (C=O) groups excluding carboxylic acids is 1. The van der Waals surface area contributed by atoms with Gasteiger partial charge in [-0.05, 0) is 47.0 Å². The summed E-state index contributed by atoms with van der Waals surface area (Å²) in [4.78, 5) is 16.1. The molecule has 0 spiro atoms. The molecule has 1 saturated carbocycles. The quantitative estimate of drug-likeness (QED) is 0.193. The molecule has 0 radical (unpaired) electrons. The summed E-state index contributed by atoms with van der Waals surface area (Å²) in [5.74, 6) is 0.707. The molecule has 8 heteroatoms. The van der Waals surface area contributed by atoms with Gasteiger partial charge >= 0.3 is 6.09 Å². The van der Waals surface area contributed by atoms with Crippen molar-refractivity contribution in [2.75, 3.05) is 26.2 Å². The van der Waals surface area contributed by atoms with Gasteiger partial charge < -0.3 is 25.8 Å². The fraction of sp³-hybridized carbons (Fsp3) is 0.889. The van der Waals surface area contributed by atoms with Gasteiger partial charge in [-0.2, -0.15) is 0 Å². The zero-order valence-electron chi connectivity index (χ0n) is 16.7. The fourth-order valence-corrected chi connectivity index (χ4v) is 2.74. The van der Waals surface area contributed by atoms with E-state index in [2.05, 4.69) is 20.9 Å². The van der Waals surface area contributed by atoms with Gasteiger partial charge in [0.25, 0.3) is 0 Å². The zero-order valence-corrected chi connectivity index (χ0v) is 19.0. The second-order valence-electron chi connectivity index (χ2n) is 7.69. The van der Waals surface area contributed by atoms with Crippen molar-refractivity contribution < 1.29 is 14.6 Å². The molecule has 0 atom stereocenters. The predicted octanol–water partition coefficient (Wildman–Crippen LogP) is 2.77. The summed E-state index contributed by atoms with van der Waals surface area (Å²) in [5.41, 5.74) is -1.13. The Hall–Kier alpha value is -0.770. The number of ether oxygens (including phenoxy) is 1. The first kappa shape index (κ1) is 25.2. The van der Waals surface area contributed by atoms with Crippen LogP contribution >= 0.6 is 24.0 Å². The normalized spacial score (nSPS) is 17.0. The van der Waals surface area contributed by atoms with E-state index in [1.165, 1.54) is 6.42 Å². The van der Waals surface area contributed by atoms with Gasteiger partial charge in [0, 0.05) is 19.6 Å². The van der Waals surface area contributed by atoms with Crippen LogP contribution in [-0.2, 0) is 4.74 Å². The van der Waals surface area contributed by atoms with E-state index in [0.717, 1.165) is 38.6 Å². The van der Waals surface area contributed by atoms with Crippen LogP contribution in [0.15, 0.2) is 4.99 Å². The fourth-order valence-electron chi connectivity index (χ4n) is 2.74. The molecule has 1 rings (SSSR count). The third-order valence-corrected chi connectivity index (χ3v) is 3.97. The molecule has 26 heavy (non-hydrogen) atoms. The Morgan fingerprint density at radius 1 is 1.12 bits per heavy atom. The van der Waals surface area contributed by atoms with E-state index in [4.69, 9.17) is 4.74 Å². The molecule has 0 aromatic carbocycles. The maximum Gasteiger partial charge on any atom is 0.407 e. The highest BCUT2D eigenvalue weighted by atomic mass is 127. The van der Waals surface area contributed by atoms with Crippen molar-refractivity contribution in [3.63, 3.8) is 0 Å². The highest BCUT2D eigenvalue weighted by molar-refractivity contribution is 14.0. The Morgan fingerprint density at radius 3 is 2.31 bits per heavy atom. The third-order valence-electron chi connectivity index (χ3n) is 3.97. The number of rotatable bonds is 7. The van der Waals surface area contributed by atoms with Crippen LogP contribution < -0.4 is 16.0 Å². The van der Waals surface area contributed by atoms with Gasteiger partial charge in [-0.1, -0.05) is 19.3 Å². The minimum absolute atomic E-state index is 0. The van der Waals surface area contributed by atoms with Crippen LogP contribution in [0.4, 0.5) is 4.79 Å². The minimum atomic E-state index is -0.654. The Labute approximate surface area is 175 Å². The molecule has 1 aliphatic rings. The molecule has 0 saturated heterocycles. The third kappa shape index (κ3) is 11.8. The first-order valence-corrected chi connectivity index (χ1v) is 9.45. The Balaban J connectivity index is 0.00000625. The molecule has 1 fully saturated rings. The van der Waals surface area contributed by atoms with Crippen molar-refractivity contribution in [2.45, 2.75) is 77.4 Å². The van der Waals surface area contributed by atoms with Crippen LogP contribution in [0.5, 0.6) is 0 Å². The first-order chi connectivity index (χ1) is 11.7. The predicted molar refractivity (Wildman–Crippen MR) is 116 cm³/mol. The standard InChI is InChI=1S/C18H36N4O3.HI/c1-5-19-15(22-14-18(24)10-7-6-8-11-18)20-12-9-13-21-16(23)25-17(2,3)4;/h24H,5-14H2,1-4H3,(H,21,23)(H2,19,20,22);1H. The molecule has 0 aromatic heterocycles. The summed E-state index contributed by atoms with van der Waals surface area (Å²) in [6, 6.07) is 0. The topological polar surface area (TPSA) is 95.0 Å². The summed E-state index contributed by atoms with van der Waals surface area (Å²) in [7, 11) is 0. The van der Waals surface area contributed by atoms with Gasteiger partial charge in [-0.15, -0.1) is 24.0 Å². The number of nitrogens with one attached hydrogen (secondary N) is 3. The van der Waals surface area contributed by atoms with Gasteiger partial charge in [-0.25, -0.2) is 4.79 Å². The number of carbonyl (C=O) groups is 1. The second-order valence-corrected chi connectivity index (χ2v) is 7.69. The Bertz CT molecular complexity index is 433. The number of hydrogen-bond donors (Lipinski definition) is 4. The number of halogens is 1. The van der Waals surface area contributed by atoms with Crippen molar-refractivity contribution in [3.05, 3.63) is 0 Å². The van der Waals surface area contributed by atoms with Crippen molar-refractivity contribution in [1.29, 1.82) is 0 Å². The number of amides is 1. The van der Waals surface area contributed by atoms with E-state index >= 15 is 0 Å². The van der Waals surface area contributed by atoms with E-state index in [0.29, 0.717) is 25.6 Å². The van der Waals surface area contributed by atoms with E-state index in [1.54, 1.807) is 0 Å². The molecular weight excluding hydrogens is 447 g/mol. The molecule has 7 nitrogen and oxygen atoms in total. The van der Waals surface area contributed by atoms with E-state index in [9.17, 15) is 9.90 Å². The van der Waals surface area contributed by atoms with Gasteiger partial charge in [0.05, 0.1) is 12.1 Å². The molecule has 1 amide bonds. The van der Waals surface area contributed by atoms with Crippen molar-refractivity contribution in [2.24, 2.45) is 4.99 Å². The lowest BCUT2D eigenvalue weighted by molar-refractivity contribution is 0.0131. The zero-order chi connectivity index (χ0) is 18.8. The molecule has 0 unspecified atom stereocenters. The Kier molecular flexibility index (Phi) is 12.2. The smallest absolute Gasteiger partial charge is 0.407 e. The van der Waals surface area contributed by atoms with Crippen LogP contribution in [0.1, 0.15) is 66.2 Å². The number of guanidine groups is 1. The van der Waals surface area contributed by atoms with Crippen LogP contribution in [0, 0.1) is 0 Å². The maximum absolute atomic E-state index is 11.6. The monoisotopic (exact) mass is 484 g/mol. The highest BCUT2D eigenvalue weighted by Crippen LogP contribution is 2.28.